The molecule has 5 nitrogen and oxygen atoms in total. The third-order valence-electron chi connectivity index (χ3n) is 7.46. The van der Waals surface area contributed by atoms with Crippen LogP contribution in [0.2, 0.25) is 0 Å². The van der Waals surface area contributed by atoms with E-state index in [1.807, 2.05) is 67.6 Å². The molecule has 2 aromatic heterocycles. The smallest absolute Gasteiger partial charge is 0.316 e. The number of para-hydroxylation sites is 1. The molecule has 5 rings (SSSR count). The van der Waals surface area contributed by atoms with Crippen LogP contribution in [-0.4, -0.2) is 27.4 Å². The molecule has 1 aliphatic carbocycles. The molecule has 4 aromatic rings. The highest BCUT2D eigenvalue weighted by Crippen LogP contribution is 2.39. The molecule has 2 aromatic carbocycles. The number of ether oxygens (including phenoxy) is 1. The number of esters is 1. The van der Waals surface area contributed by atoms with E-state index in [1.165, 1.54) is 23.1 Å². The summed E-state index contributed by atoms with van der Waals surface area (Å²) in [5, 5.41) is 1.12. The van der Waals surface area contributed by atoms with Crippen LogP contribution in [0, 0.1) is 18.3 Å². The highest BCUT2D eigenvalue weighted by Gasteiger charge is 2.31. The number of fused-ring (bicyclic) bond motifs is 1. The largest absolute Gasteiger partial charge is 0.462 e. The van der Waals surface area contributed by atoms with Crippen molar-refractivity contribution in [2.75, 3.05) is 5.75 Å². The van der Waals surface area contributed by atoms with Gasteiger partial charge in [0, 0.05) is 10.4 Å². The predicted molar refractivity (Wildman–Crippen MR) is 157 cm³/mol. The van der Waals surface area contributed by atoms with Crippen molar-refractivity contribution in [2.45, 2.75) is 64.6 Å². The Bertz CT molecular complexity index is 1480. The van der Waals surface area contributed by atoms with Crippen LogP contribution in [-0.2, 0) is 9.53 Å². The molecule has 0 bridgehead atoms. The van der Waals surface area contributed by atoms with Crippen molar-refractivity contribution in [3.63, 3.8) is 0 Å². The number of hydrogen-bond donors (Lipinski definition) is 0. The first-order valence-corrected chi connectivity index (χ1v) is 15.0. The number of rotatable bonds is 6. The summed E-state index contributed by atoms with van der Waals surface area (Å²) < 4.78 is 7.48. The fraction of sp³-hybridized carbons (Fsp3) is 0.387. The van der Waals surface area contributed by atoms with E-state index >= 15 is 0 Å². The number of nitrogens with zero attached hydrogens (tertiary/aromatic N) is 2. The molecule has 0 radical (unpaired) electrons. The van der Waals surface area contributed by atoms with Crippen molar-refractivity contribution < 1.29 is 9.53 Å². The van der Waals surface area contributed by atoms with Crippen molar-refractivity contribution in [1.29, 1.82) is 0 Å². The number of hydrogen-bond acceptors (Lipinski definition) is 6. The summed E-state index contributed by atoms with van der Waals surface area (Å²) in [6.07, 6.45) is 3.97. The van der Waals surface area contributed by atoms with Crippen LogP contribution in [0.1, 0.15) is 51.3 Å². The lowest BCUT2D eigenvalue weighted by molar-refractivity contribution is -0.148. The van der Waals surface area contributed by atoms with Gasteiger partial charge in [-0.3, -0.25) is 14.2 Å². The molecule has 1 saturated carbocycles. The van der Waals surface area contributed by atoms with E-state index in [0.717, 1.165) is 47.4 Å². The number of aryl methyl sites for hydroxylation is 1. The molecular formula is C31H34N2O3S2. The first kappa shape index (κ1) is 26.7. The lowest BCUT2D eigenvalue weighted by Crippen LogP contribution is -2.30. The average Bonchev–Trinajstić information content (AvgIpc) is 3.24. The van der Waals surface area contributed by atoms with Crippen LogP contribution in [0.25, 0.3) is 27.0 Å². The summed E-state index contributed by atoms with van der Waals surface area (Å²) >= 11 is 2.78. The van der Waals surface area contributed by atoms with Gasteiger partial charge in [-0.1, -0.05) is 81.1 Å². The third kappa shape index (κ3) is 5.59. The summed E-state index contributed by atoms with van der Waals surface area (Å²) in [5.41, 5.74) is 2.82. The summed E-state index contributed by atoms with van der Waals surface area (Å²) in [6, 6.07) is 19.5. The Morgan fingerprint density at radius 3 is 2.29 bits per heavy atom. The normalized spacial score (nSPS) is 18.0. The minimum atomic E-state index is -0.254. The Morgan fingerprint density at radius 1 is 1.03 bits per heavy atom. The maximum absolute atomic E-state index is 14.0. The van der Waals surface area contributed by atoms with Crippen molar-refractivity contribution in [3.05, 3.63) is 75.9 Å². The van der Waals surface area contributed by atoms with Gasteiger partial charge in [0.15, 0.2) is 5.16 Å². The molecule has 0 saturated heterocycles. The van der Waals surface area contributed by atoms with Gasteiger partial charge in [-0.25, -0.2) is 4.98 Å². The second-order valence-electron chi connectivity index (χ2n) is 11.1. The summed E-state index contributed by atoms with van der Waals surface area (Å²) in [7, 11) is 0. The third-order valence-corrected chi connectivity index (χ3v) is 9.38. The SMILES string of the molecule is Cc1sc2nc(SCC(=O)OC3CCC(C(C)(C)C)CC3)n(-c3ccccc3)c(=O)c2c1-c1ccccc1. The average molecular weight is 547 g/mol. The molecular weight excluding hydrogens is 512 g/mol. The van der Waals surface area contributed by atoms with Gasteiger partial charge in [0.25, 0.3) is 5.56 Å². The molecule has 0 unspecified atom stereocenters. The van der Waals surface area contributed by atoms with E-state index in [0.29, 0.717) is 21.3 Å². The molecule has 0 spiro atoms. The highest BCUT2D eigenvalue weighted by atomic mass is 32.2. The first-order valence-electron chi connectivity index (χ1n) is 13.2. The molecule has 0 amide bonds. The molecule has 0 atom stereocenters. The van der Waals surface area contributed by atoms with Crippen LogP contribution in [0.3, 0.4) is 0 Å². The van der Waals surface area contributed by atoms with Gasteiger partial charge < -0.3 is 4.74 Å². The summed E-state index contributed by atoms with van der Waals surface area (Å²) in [4.78, 5) is 33.5. The Labute approximate surface area is 232 Å². The second kappa shape index (κ2) is 11.1. The van der Waals surface area contributed by atoms with Gasteiger partial charge in [-0.05, 0) is 61.6 Å². The van der Waals surface area contributed by atoms with Gasteiger partial charge in [0.05, 0.1) is 16.8 Å². The Balaban J connectivity index is 1.42. The lowest BCUT2D eigenvalue weighted by Gasteiger charge is -2.36. The molecule has 1 fully saturated rings. The number of benzene rings is 2. The van der Waals surface area contributed by atoms with E-state index in [9.17, 15) is 9.59 Å². The summed E-state index contributed by atoms with van der Waals surface area (Å²) in [5.74, 6) is 0.522. The molecule has 0 aliphatic heterocycles. The van der Waals surface area contributed by atoms with Crippen molar-refractivity contribution in [2.24, 2.45) is 11.3 Å². The van der Waals surface area contributed by atoms with Crippen molar-refractivity contribution in [3.8, 4) is 16.8 Å². The quantitative estimate of drug-likeness (QED) is 0.141. The van der Waals surface area contributed by atoms with E-state index < -0.39 is 0 Å². The van der Waals surface area contributed by atoms with Crippen molar-refractivity contribution in [1.82, 2.24) is 9.55 Å². The Hall–Kier alpha value is -2.90. The minimum Gasteiger partial charge on any atom is -0.462 e. The zero-order chi connectivity index (χ0) is 26.9. The molecule has 38 heavy (non-hydrogen) atoms. The predicted octanol–water partition coefficient (Wildman–Crippen LogP) is 7.66. The van der Waals surface area contributed by atoms with Crippen LogP contribution >= 0.6 is 23.1 Å². The Morgan fingerprint density at radius 2 is 1.66 bits per heavy atom. The van der Waals surface area contributed by atoms with Gasteiger partial charge in [-0.2, -0.15) is 0 Å². The number of carbonyl (C=O) groups excluding carboxylic acids is 1. The maximum atomic E-state index is 14.0. The monoisotopic (exact) mass is 546 g/mol. The van der Waals surface area contributed by atoms with Crippen LogP contribution in [0.5, 0.6) is 0 Å². The number of thiophene rings is 1. The van der Waals surface area contributed by atoms with Crippen LogP contribution < -0.4 is 5.56 Å². The van der Waals surface area contributed by atoms with E-state index in [4.69, 9.17) is 9.72 Å². The first-order chi connectivity index (χ1) is 18.2. The van der Waals surface area contributed by atoms with E-state index in [2.05, 4.69) is 20.8 Å². The zero-order valence-electron chi connectivity index (χ0n) is 22.4. The van der Waals surface area contributed by atoms with E-state index in [-0.39, 0.29) is 28.8 Å². The number of carbonyl (C=O) groups is 1. The topological polar surface area (TPSA) is 61.2 Å². The molecule has 198 valence electrons. The molecule has 1 aliphatic rings. The Kier molecular flexibility index (Phi) is 7.78. The molecule has 2 heterocycles. The minimum absolute atomic E-state index is 0.0261. The fourth-order valence-electron chi connectivity index (χ4n) is 5.39. The van der Waals surface area contributed by atoms with Gasteiger partial charge in [0.1, 0.15) is 10.9 Å². The van der Waals surface area contributed by atoms with Gasteiger partial charge >= 0.3 is 5.97 Å². The standard InChI is InChI=1S/C31H34N2O3S2/c1-20-26(21-11-7-5-8-12-21)27-28(38-20)32-30(33(29(27)35)23-13-9-6-10-14-23)37-19-25(34)36-24-17-15-22(16-18-24)31(2,3)4/h5-14,22,24H,15-19H2,1-4H3. The summed E-state index contributed by atoms with van der Waals surface area (Å²) in [6.45, 7) is 8.89. The van der Waals surface area contributed by atoms with Crippen LogP contribution in [0.4, 0.5) is 0 Å². The molecule has 7 heteroatoms. The zero-order valence-corrected chi connectivity index (χ0v) is 24.0. The van der Waals surface area contributed by atoms with Crippen LogP contribution in [0.15, 0.2) is 70.6 Å². The molecule has 0 N–H and O–H groups in total. The fourth-order valence-corrected chi connectivity index (χ4v) is 7.27. The maximum Gasteiger partial charge on any atom is 0.316 e. The lowest BCUT2D eigenvalue weighted by atomic mass is 9.72. The van der Waals surface area contributed by atoms with Gasteiger partial charge in [0.2, 0.25) is 0 Å². The number of aromatic nitrogens is 2. The van der Waals surface area contributed by atoms with Gasteiger partial charge in [-0.15, -0.1) is 11.3 Å². The van der Waals surface area contributed by atoms with E-state index in [1.54, 1.807) is 4.57 Å². The second-order valence-corrected chi connectivity index (χ2v) is 13.2. The highest BCUT2D eigenvalue weighted by molar-refractivity contribution is 7.99. The number of thioether (sulfide) groups is 1. The van der Waals surface area contributed by atoms with Crippen molar-refractivity contribution >= 4 is 39.3 Å².